The van der Waals surface area contributed by atoms with Gasteiger partial charge < -0.3 is 5.73 Å². The molecule has 0 atom stereocenters. The summed E-state index contributed by atoms with van der Waals surface area (Å²) in [6, 6.07) is 11.2. The Bertz CT molecular complexity index is 1200. The molecule has 0 unspecified atom stereocenters. The minimum absolute atomic E-state index is 0.121. The third-order valence-electron chi connectivity index (χ3n) is 4.19. The number of benzene rings is 2. The van der Waals surface area contributed by atoms with E-state index in [0.29, 0.717) is 27.7 Å². The van der Waals surface area contributed by atoms with Gasteiger partial charge in [0.25, 0.3) is 0 Å². The zero-order chi connectivity index (χ0) is 19.8. The minimum atomic E-state index is -3.72. The number of terminal acetylenes is 1. The molecule has 0 radical (unpaired) electrons. The lowest BCUT2D eigenvalue weighted by Crippen LogP contribution is -2.23. The van der Waals surface area contributed by atoms with E-state index in [1.165, 1.54) is 12.1 Å². The molecular weight excluding hydrogens is 365 g/mol. The van der Waals surface area contributed by atoms with Crippen LogP contribution in [0.1, 0.15) is 25.0 Å². The molecule has 2 aromatic carbocycles. The smallest absolute Gasteiger partial charge is 0.244 e. The largest absolute Gasteiger partial charge is 0.368 e. The first-order valence-electron chi connectivity index (χ1n) is 8.21. The molecule has 5 nitrogen and oxygen atoms in total. The molecule has 138 valence electrons. The van der Waals surface area contributed by atoms with Gasteiger partial charge in [0.1, 0.15) is 5.82 Å². The fourth-order valence-corrected chi connectivity index (χ4v) is 3.94. The number of hydrogen-bond donors (Lipinski definition) is 1. The number of hydrogen-bond acceptors (Lipinski definition) is 4. The average molecular weight is 383 g/mol. The Labute approximate surface area is 157 Å². The Hall–Kier alpha value is -3.11. The van der Waals surface area contributed by atoms with Crippen LogP contribution in [0, 0.1) is 18.2 Å². The Morgan fingerprint density at radius 3 is 2.63 bits per heavy atom. The van der Waals surface area contributed by atoms with Crippen molar-refractivity contribution in [2.24, 2.45) is 0 Å². The van der Waals surface area contributed by atoms with E-state index >= 15 is 0 Å². The fourth-order valence-electron chi connectivity index (χ4n) is 2.80. The zero-order valence-electron chi connectivity index (χ0n) is 14.8. The molecule has 0 aliphatic heterocycles. The quantitative estimate of drug-likeness (QED) is 0.701. The Morgan fingerprint density at radius 1 is 1.30 bits per heavy atom. The van der Waals surface area contributed by atoms with Crippen molar-refractivity contribution in [3.05, 3.63) is 65.5 Å². The van der Waals surface area contributed by atoms with Gasteiger partial charge in [0.2, 0.25) is 16.0 Å². The van der Waals surface area contributed by atoms with Gasteiger partial charge in [0, 0.05) is 11.1 Å². The Balaban J connectivity index is 2.29. The van der Waals surface area contributed by atoms with Crippen LogP contribution in [-0.2, 0) is 10.0 Å². The van der Waals surface area contributed by atoms with Gasteiger partial charge in [-0.3, -0.25) is 0 Å². The summed E-state index contributed by atoms with van der Waals surface area (Å²) in [5.74, 6) is 1.86. The standard InChI is InChI=1S/C20H18FN3O2S/c1-4-7-15(16-8-5-6-9-17(16)21)14-10-11-18-19(12-14)24(20(22)23-18)27(25,26)13(2)3/h1,5-13H,2-3H3,(H2,22,23)/b15-7-. The lowest BCUT2D eigenvalue weighted by Gasteiger charge is -2.12. The van der Waals surface area contributed by atoms with Crippen LogP contribution >= 0.6 is 0 Å². The third-order valence-corrected chi connectivity index (χ3v) is 6.27. The van der Waals surface area contributed by atoms with E-state index < -0.39 is 21.1 Å². The number of allylic oxidation sites excluding steroid dienone is 1. The van der Waals surface area contributed by atoms with Gasteiger partial charge in [0.15, 0.2) is 0 Å². The second kappa shape index (κ2) is 6.89. The molecule has 0 saturated carbocycles. The predicted molar refractivity (Wildman–Crippen MR) is 106 cm³/mol. The molecule has 3 rings (SSSR count). The number of nitrogen functional groups attached to an aromatic ring is 1. The number of nitrogens with zero attached hydrogens (tertiary/aromatic N) is 2. The third kappa shape index (κ3) is 3.20. The van der Waals surface area contributed by atoms with Gasteiger partial charge >= 0.3 is 0 Å². The molecule has 7 heteroatoms. The summed E-state index contributed by atoms with van der Waals surface area (Å²) in [6.45, 7) is 3.13. The Morgan fingerprint density at radius 2 is 2.00 bits per heavy atom. The lowest BCUT2D eigenvalue weighted by atomic mass is 9.97. The van der Waals surface area contributed by atoms with E-state index in [-0.39, 0.29) is 5.95 Å². The van der Waals surface area contributed by atoms with E-state index in [9.17, 15) is 12.8 Å². The number of aromatic nitrogens is 2. The highest BCUT2D eigenvalue weighted by Crippen LogP contribution is 2.30. The second-order valence-electron chi connectivity index (χ2n) is 6.24. The van der Waals surface area contributed by atoms with E-state index in [1.807, 2.05) is 0 Å². The van der Waals surface area contributed by atoms with Gasteiger partial charge in [0.05, 0.1) is 16.3 Å². The van der Waals surface area contributed by atoms with Crippen molar-refractivity contribution in [2.75, 3.05) is 5.73 Å². The van der Waals surface area contributed by atoms with E-state index in [0.717, 1.165) is 3.97 Å². The van der Waals surface area contributed by atoms with Crippen LogP contribution in [0.2, 0.25) is 0 Å². The van der Waals surface area contributed by atoms with Crippen molar-refractivity contribution in [2.45, 2.75) is 19.1 Å². The average Bonchev–Trinajstić information content (AvgIpc) is 2.95. The highest BCUT2D eigenvalue weighted by molar-refractivity contribution is 7.90. The van der Waals surface area contributed by atoms with E-state index in [2.05, 4.69) is 10.9 Å². The zero-order valence-corrected chi connectivity index (χ0v) is 15.7. The van der Waals surface area contributed by atoms with E-state index in [4.69, 9.17) is 12.2 Å². The first-order valence-corrected chi connectivity index (χ1v) is 9.71. The molecular formula is C20H18FN3O2S. The number of halogens is 1. The van der Waals surface area contributed by atoms with Gasteiger partial charge in [-0.15, -0.1) is 6.42 Å². The van der Waals surface area contributed by atoms with E-state index in [1.54, 1.807) is 50.2 Å². The van der Waals surface area contributed by atoms with Crippen LogP contribution in [0.3, 0.4) is 0 Å². The summed E-state index contributed by atoms with van der Waals surface area (Å²) < 4.78 is 40.7. The van der Waals surface area contributed by atoms with Crippen molar-refractivity contribution in [1.29, 1.82) is 0 Å². The summed E-state index contributed by atoms with van der Waals surface area (Å²) in [5, 5.41) is -0.687. The molecule has 0 aliphatic carbocycles. The summed E-state index contributed by atoms with van der Waals surface area (Å²) in [7, 11) is -3.72. The summed E-state index contributed by atoms with van der Waals surface area (Å²) in [5.41, 5.74) is 7.95. The topological polar surface area (TPSA) is 78.0 Å². The van der Waals surface area contributed by atoms with Crippen molar-refractivity contribution in [3.63, 3.8) is 0 Å². The molecule has 0 aliphatic rings. The number of nitrogens with two attached hydrogens (primary N) is 1. The molecule has 1 aromatic heterocycles. The number of fused-ring (bicyclic) bond motifs is 1. The predicted octanol–water partition coefficient (Wildman–Crippen LogP) is 3.41. The summed E-state index contributed by atoms with van der Waals surface area (Å²) in [6.07, 6.45) is 6.87. The molecule has 0 saturated heterocycles. The summed E-state index contributed by atoms with van der Waals surface area (Å²) >= 11 is 0. The van der Waals surface area contributed by atoms with Crippen molar-refractivity contribution >= 4 is 32.6 Å². The molecule has 0 spiro atoms. The fraction of sp³-hybridized carbons (Fsp3) is 0.150. The van der Waals surface area contributed by atoms with Crippen LogP contribution in [0.25, 0.3) is 16.6 Å². The van der Waals surface area contributed by atoms with Gasteiger partial charge in [-0.05, 0) is 43.7 Å². The minimum Gasteiger partial charge on any atom is -0.368 e. The summed E-state index contributed by atoms with van der Waals surface area (Å²) in [4.78, 5) is 4.13. The highest BCUT2D eigenvalue weighted by atomic mass is 32.2. The first-order chi connectivity index (χ1) is 12.8. The number of anilines is 1. The Kier molecular flexibility index (Phi) is 4.77. The van der Waals surface area contributed by atoms with Gasteiger partial charge in [-0.25, -0.2) is 21.8 Å². The molecule has 0 fully saturated rings. The number of imidazole rings is 1. The van der Waals surface area contributed by atoms with Crippen LogP contribution in [0.5, 0.6) is 0 Å². The van der Waals surface area contributed by atoms with Crippen molar-refractivity contribution < 1.29 is 12.8 Å². The molecule has 1 heterocycles. The monoisotopic (exact) mass is 383 g/mol. The molecule has 0 bridgehead atoms. The maximum Gasteiger partial charge on any atom is 0.244 e. The normalized spacial score (nSPS) is 12.5. The second-order valence-corrected chi connectivity index (χ2v) is 8.57. The van der Waals surface area contributed by atoms with Gasteiger partial charge in [-0.2, -0.15) is 0 Å². The molecule has 27 heavy (non-hydrogen) atoms. The van der Waals surface area contributed by atoms with Crippen LogP contribution in [0.4, 0.5) is 10.3 Å². The van der Waals surface area contributed by atoms with Crippen LogP contribution in [-0.4, -0.2) is 22.6 Å². The molecule has 0 amide bonds. The molecule has 3 aromatic rings. The van der Waals surface area contributed by atoms with Gasteiger partial charge in [-0.1, -0.05) is 30.2 Å². The van der Waals surface area contributed by atoms with Crippen molar-refractivity contribution in [1.82, 2.24) is 8.96 Å². The maximum absolute atomic E-state index is 14.3. The highest BCUT2D eigenvalue weighted by Gasteiger charge is 2.25. The van der Waals surface area contributed by atoms with Crippen LogP contribution < -0.4 is 5.73 Å². The van der Waals surface area contributed by atoms with Crippen LogP contribution in [0.15, 0.2) is 48.5 Å². The molecule has 2 N–H and O–H groups in total. The number of rotatable bonds is 4. The van der Waals surface area contributed by atoms with Crippen molar-refractivity contribution in [3.8, 4) is 12.3 Å². The first kappa shape index (κ1) is 18.7. The lowest BCUT2D eigenvalue weighted by molar-refractivity contribution is 0.580. The maximum atomic E-state index is 14.3. The SMILES string of the molecule is C#C/C=C(/c1ccc2nc(N)n(S(=O)(=O)C(C)C)c2c1)c1ccccc1F.